The SMILES string of the molecule is CC(=O)OC[C@]12[C@H](OC(C)=O)[C@H](OC(C)=O)[C@@H]3[C@@H](OC(C)=O)[C@@]14O[C@@]3(C)COC(=O)c1cccnc1[C@H](C)[C@H](C)C(=O)O[C@@H]([C@H](OC(C)=O)[C@@H]2OC(=O)c1ccc(=O)n(C)c1)[C@]4(C)O. The summed E-state index contributed by atoms with van der Waals surface area (Å²) < 4.78 is 56.4. The summed E-state index contributed by atoms with van der Waals surface area (Å²) in [7, 11) is 1.33. The van der Waals surface area contributed by atoms with E-state index in [1.165, 1.54) is 39.2 Å². The number of hydrogen-bond acceptors (Lipinski definition) is 20. The first kappa shape index (κ1) is 47.3. The summed E-state index contributed by atoms with van der Waals surface area (Å²) in [6, 6.07) is 5.01. The van der Waals surface area contributed by atoms with Crippen molar-refractivity contribution in [2.24, 2.45) is 24.3 Å². The van der Waals surface area contributed by atoms with Gasteiger partial charge in [-0.15, -0.1) is 0 Å². The van der Waals surface area contributed by atoms with E-state index in [9.17, 15) is 48.3 Å². The summed E-state index contributed by atoms with van der Waals surface area (Å²) in [4.78, 5) is 127. The van der Waals surface area contributed by atoms with E-state index in [2.05, 4.69) is 4.98 Å². The van der Waals surface area contributed by atoms with Crippen LogP contribution in [0.2, 0.25) is 0 Å². The molecular weight excluding hydrogens is 848 g/mol. The van der Waals surface area contributed by atoms with Crippen LogP contribution in [0.3, 0.4) is 0 Å². The summed E-state index contributed by atoms with van der Waals surface area (Å²) in [5.74, 6) is -12.3. The molecule has 0 aromatic carbocycles. The number of rotatable bonds is 8. The molecule has 21 heteroatoms. The Kier molecular flexibility index (Phi) is 12.6. The van der Waals surface area contributed by atoms with Crippen LogP contribution in [0.25, 0.3) is 0 Å². The largest absolute Gasteiger partial charge is 0.465 e. The maximum absolute atomic E-state index is 14.6. The molecule has 0 unspecified atom stereocenters. The minimum absolute atomic E-state index is 0.0696. The third kappa shape index (κ3) is 7.66. The van der Waals surface area contributed by atoms with Gasteiger partial charge in [0.2, 0.25) is 5.56 Å². The van der Waals surface area contributed by atoms with E-state index in [1.807, 2.05) is 0 Å². The maximum Gasteiger partial charge on any atom is 0.340 e. The number of hydrogen-bond donors (Lipinski definition) is 1. The van der Waals surface area contributed by atoms with E-state index in [0.29, 0.717) is 0 Å². The number of carbonyl (C=O) groups is 8. The molecule has 2 aromatic heterocycles. The molecule has 346 valence electrons. The standard InChI is InChI=1S/C43H50N2O19/c1-19-20(2)37(52)62-34-32(59-23(5)48)36(63-38(53)26-13-14-28(51)45(10)16-26)42(18-56-21(3)46)35(61-25(7)50)31(58-22(4)47)29-33(60-24(6)49)43(42,41(34,9)55)64-40(29,8)17-57-39(54)27-12-11-15-44-30(19)27/h11-16,19-20,29,31-36,55H,17-18H2,1-10H3/t19-,20+,29-,31-,32+,33-,34+,35-,36+,40+,41+,42-,43+/m1/s1. The van der Waals surface area contributed by atoms with E-state index < -0.39 is 143 Å². The van der Waals surface area contributed by atoms with Gasteiger partial charge < -0.3 is 52.3 Å². The van der Waals surface area contributed by atoms with Crippen LogP contribution in [0.5, 0.6) is 0 Å². The van der Waals surface area contributed by atoms with Gasteiger partial charge in [0.05, 0.1) is 28.7 Å². The molecule has 2 saturated carbocycles. The second-order valence-corrected chi connectivity index (χ2v) is 17.0. The molecule has 1 spiro atoms. The van der Waals surface area contributed by atoms with Crippen LogP contribution in [0.4, 0.5) is 0 Å². The molecule has 4 bridgehead atoms. The van der Waals surface area contributed by atoms with Crippen LogP contribution in [0, 0.1) is 17.3 Å². The van der Waals surface area contributed by atoms with Crippen molar-refractivity contribution in [1.82, 2.24) is 9.55 Å². The van der Waals surface area contributed by atoms with Gasteiger partial charge in [-0.25, -0.2) is 9.59 Å². The third-order valence-electron chi connectivity index (χ3n) is 12.7. The number of aromatic nitrogens is 2. The van der Waals surface area contributed by atoms with Crippen molar-refractivity contribution in [2.45, 2.75) is 122 Å². The minimum Gasteiger partial charge on any atom is -0.465 e. The quantitative estimate of drug-likeness (QED) is 0.286. The highest BCUT2D eigenvalue weighted by Gasteiger charge is 2.92. The second kappa shape index (κ2) is 17.1. The van der Waals surface area contributed by atoms with Gasteiger partial charge in [0, 0.05) is 66.0 Å². The zero-order valence-corrected chi connectivity index (χ0v) is 36.8. The summed E-state index contributed by atoms with van der Waals surface area (Å²) >= 11 is 0. The predicted octanol–water partition coefficient (Wildman–Crippen LogP) is 1.03. The van der Waals surface area contributed by atoms with Gasteiger partial charge in [-0.3, -0.25) is 38.5 Å². The molecular formula is C43H50N2O19. The Balaban J connectivity index is 1.81. The van der Waals surface area contributed by atoms with E-state index in [4.69, 9.17) is 42.6 Å². The molecule has 3 fully saturated rings. The zero-order chi connectivity index (χ0) is 47.4. The summed E-state index contributed by atoms with van der Waals surface area (Å²) in [5, 5.41) is 13.6. The topological polar surface area (TPSA) is 275 Å². The van der Waals surface area contributed by atoms with Gasteiger partial charge in [-0.05, 0) is 32.0 Å². The second-order valence-electron chi connectivity index (χ2n) is 17.0. The monoisotopic (exact) mass is 898 g/mol. The highest BCUT2D eigenvalue weighted by atomic mass is 16.7. The molecule has 1 N–H and O–H groups in total. The molecule has 4 aliphatic rings. The molecule has 6 rings (SSSR count). The Bertz CT molecular complexity index is 2340. The number of nitrogens with zero attached hydrogens (tertiary/aromatic N) is 2. The van der Waals surface area contributed by atoms with Gasteiger partial charge in [0.25, 0.3) is 0 Å². The van der Waals surface area contributed by atoms with E-state index >= 15 is 0 Å². The highest BCUT2D eigenvalue weighted by Crippen LogP contribution is 2.70. The van der Waals surface area contributed by atoms with Crippen molar-refractivity contribution in [1.29, 1.82) is 0 Å². The number of esters is 8. The third-order valence-corrected chi connectivity index (χ3v) is 12.7. The minimum atomic E-state index is -2.91. The number of fused-ring (bicyclic) bond motifs is 5. The van der Waals surface area contributed by atoms with Gasteiger partial charge >= 0.3 is 47.8 Å². The molecule has 13 atom stereocenters. The first-order valence-corrected chi connectivity index (χ1v) is 20.3. The van der Waals surface area contributed by atoms with Crippen molar-refractivity contribution < 1.29 is 86.1 Å². The lowest BCUT2D eigenvalue weighted by Gasteiger charge is -2.67. The summed E-state index contributed by atoms with van der Waals surface area (Å²) in [6.45, 7) is 8.37. The first-order valence-electron chi connectivity index (χ1n) is 20.3. The smallest absolute Gasteiger partial charge is 0.340 e. The van der Waals surface area contributed by atoms with E-state index in [1.54, 1.807) is 6.92 Å². The van der Waals surface area contributed by atoms with Crippen LogP contribution in [0.1, 0.15) is 94.6 Å². The molecule has 0 amide bonds. The molecule has 4 heterocycles. The number of aliphatic hydroxyl groups is 1. The number of carbonyl (C=O) groups excluding carboxylic acids is 8. The Morgan fingerprint density at radius 3 is 1.98 bits per heavy atom. The lowest BCUT2D eigenvalue weighted by molar-refractivity contribution is -0.385. The lowest BCUT2D eigenvalue weighted by atomic mass is 9.45. The Hall–Kier alpha value is -6.22. The Labute approximate surface area is 365 Å². The fourth-order valence-corrected chi connectivity index (χ4v) is 9.97. The predicted molar refractivity (Wildman–Crippen MR) is 210 cm³/mol. The van der Waals surface area contributed by atoms with Crippen molar-refractivity contribution in [3.8, 4) is 0 Å². The summed E-state index contributed by atoms with van der Waals surface area (Å²) in [6.07, 6.45) is -10.1. The van der Waals surface area contributed by atoms with Crippen molar-refractivity contribution in [3.63, 3.8) is 0 Å². The number of ether oxygens (including phenoxy) is 9. The Morgan fingerprint density at radius 1 is 0.797 bits per heavy atom. The number of aryl methyl sites for hydroxylation is 1. The zero-order valence-electron chi connectivity index (χ0n) is 36.8. The van der Waals surface area contributed by atoms with Gasteiger partial charge in [-0.2, -0.15) is 0 Å². The van der Waals surface area contributed by atoms with Crippen LogP contribution in [-0.4, -0.2) is 129 Å². The van der Waals surface area contributed by atoms with Crippen LogP contribution in [-0.2, 0) is 78.4 Å². The van der Waals surface area contributed by atoms with E-state index in [-0.39, 0.29) is 16.8 Å². The first-order chi connectivity index (χ1) is 29.8. The normalized spacial score (nSPS) is 35.3. The molecule has 1 saturated heterocycles. The van der Waals surface area contributed by atoms with Gasteiger partial charge in [0.1, 0.15) is 42.0 Å². The molecule has 21 nitrogen and oxygen atoms in total. The highest BCUT2D eigenvalue weighted by molar-refractivity contribution is 5.91. The molecule has 64 heavy (non-hydrogen) atoms. The van der Waals surface area contributed by atoms with E-state index in [0.717, 1.165) is 64.4 Å². The van der Waals surface area contributed by atoms with Gasteiger partial charge in [0.15, 0.2) is 30.0 Å². The van der Waals surface area contributed by atoms with Crippen LogP contribution >= 0.6 is 0 Å². The molecule has 2 aliphatic carbocycles. The van der Waals surface area contributed by atoms with Gasteiger partial charge in [-0.1, -0.05) is 13.8 Å². The average Bonchev–Trinajstić information content (AvgIpc) is 3.42. The van der Waals surface area contributed by atoms with Crippen molar-refractivity contribution in [3.05, 3.63) is 63.8 Å². The fraction of sp³-hybridized carbons (Fsp3) is 0.581. The number of pyridine rings is 2. The molecule has 0 radical (unpaired) electrons. The average molecular weight is 899 g/mol. The molecule has 2 aliphatic heterocycles. The van der Waals surface area contributed by atoms with Crippen molar-refractivity contribution in [2.75, 3.05) is 13.2 Å². The fourth-order valence-electron chi connectivity index (χ4n) is 9.97. The molecule has 2 aromatic rings. The Morgan fingerprint density at radius 2 is 1.39 bits per heavy atom. The van der Waals surface area contributed by atoms with Crippen molar-refractivity contribution >= 4 is 47.8 Å². The van der Waals surface area contributed by atoms with Crippen LogP contribution in [0.15, 0.2) is 41.5 Å². The van der Waals surface area contributed by atoms with Crippen LogP contribution < -0.4 is 5.56 Å². The lowest BCUT2D eigenvalue weighted by Crippen LogP contribution is -2.89. The maximum atomic E-state index is 14.6. The summed E-state index contributed by atoms with van der Waals surface area (Å²) in [5.41, 5.74) is -11.4. The number of cyclic esters (lactones) is 1.